The predicted octanol–water partition coefficient (Wildman–Crippen LogP) is 2.04. The standard InChI is InChI=1S/C13H23NO3/c1-3-9(4-2)8-14-12(15)10-6-5-7-11(10)13(16)17/h9-11H,3-8H2,1-2H3,(H,14,15)(H,16,17). The molecule has 0 spiro atoms. The molecule has 0 aromatic carbocycles. The number of carboxylic acid groups (broad SMARTS) is 1. The van der Waals surface area contributed by atoms with Crippen molar-refractivity contribution >= 4 is 11.9 Å². The second-order valence-corrected chi connectivity index (χ2v) is 4.91. The van der Waals surface area contributed by atoms with Gasteiger partial charge in [0.05, 0.1) is 11.8 Å². The number of hydrogen-bond donors (Lipinski definition) is 2. The zero-order valence-corrected chi connectivity index (χ0v) is 10.7. The Bertz CT molecular complexity index is 274. The Morgan fingerprint density at radius 3 is 2.35 bits per heavy atom. The van der Waals surface area contributed by atoms with Crippen LogP contribution in [0.25, 0.3) is 0 Å². The third-order valence-electron chi connectivity index (χ3n) is 3.89. The van der Waals surface area contributed by atoms with Gasteiger partial charge in [0.15, 0.2) is 0 Å². The van der Waals surface area contributed by atoms with Crippen LogP contribution in [0, 0.1) is 17.8 Å². The molecule has 0 radical (unpaired) electrons. The average Bonchev–Trinajstić information content (AvgIpc) is 2.79. The van der Waals surface area contributed by atoms with Crippen molar-refractivity contribution < 1.29 is 14.7 Å². The van der Waals surface area contributed by atoms with Crippen LogP contribution in [-0.2, 0) is 9.59 Å². The van der Waals surface area contributed by atoms with E-state index in [-0.39, 0.29) is 11.8 Å². The van der Waals surface area contributed by atoms with E-state index in [1.807, 2.05) is 0 Å². The Balaban J connectivity index is 2.44. The fraction of sp³-hybridized carbons (Fsp3) is 0.846. The molecule has 17 heavy (non-hydrogen) atoms. The van der Waals surface area contributed by atoms with E-state index in [1.54, 1.807) is 0 Å². The number of amides is 1. The van der Waals surface area contributed by atoms with Gasteiger partial charge in [-0.3, -0.25) is 9.59 Å². The molecule has 1 rings (SSSR count). The molecule has 1 saturated carbocycles. The second kappa shape index (κ2) is 6.62. The Hall–Kier alpha value is -1.06. The van der Waals surface area contributed by atoms with Crippen LogP contribution >= 0.6 is 0 Å². The maximum atomic E-state index is 11.9. The molecule has 2 atom stereocenters. The lowest BCUT2D eigenvalue weighted by molar-refractivity contribution is -0.146. The maximum Gasteiger partial charge on any atom is 0.307 e. The molecule has 2 N–H and O–H groups in total. The summed E-state index contributed by atoms with van der Waals surface area (Å²) in [4.78, 5) is 22.9. The van der Waals surface area contributed by atoms with Crippen LogP contribution < -0.4 is 5.32 Å². The highest BCUT2D eigenvalue weighted by Crippen LogP contribution is 2.32. The summed E-state index contributed by atoms with van der Waals surface area (Å²) in [7, 11) is 0. The third-order valence-corrected chi connectivity index (χ3v) is 3.89. The molecular formula is C13H23NO3. The Morgan fingerprint density at radius 1 is 1.24 bits per heavy atom. The fourth-order valence-electron chi connectivity index (χ4n) is 2.52. The second-order valence-electron chi connectivity index (χ2n) is 4.91. The van der Waals surface area contributed by atoms with Crippen LogP contribution in [0.15, 0.2) is 0 Å². The van der Waals surface area contributed by atoms with Crippen molar-refractivity contribution in [3.05, 3.63) is 0 Å². The van der Waals surface area contributed by atoms with Gasteiger partial charge in [0, 0.05) is 6.54 Å². The zero-order valence-electron chi connectivity index (χ0n) is 10.7. The van der Waals surface area contributed by atoms with Crippen LogP contribution in [0.5, 0.6) is 0 Å². The van der Waals surface area contributed by atoms with E-state index < -0.39 is 11.9 Å². The molecule has 2 unspecified atom stereocenters. The zero-order chi connectivity index (χ0) is 12.8. The maximum absolute atomic E-state index is 11.9. The van der Waals surface area contributed by atoms with Gasteiger partial charge in [-0.2, -0.15) is 0 Å². The molecule has 0 aliphatic heterocycles. The Morgan fingerprint density at radius 2 is 1.82 bits per heavy atom. The summed E-state index contributed by atoms with van der Waals surface area (Å²) in [5.41, 5.74) is 0. The van der Waals surface area contributed by atoms with Crippen LogP contribution in [0.2, 0.25) is 0 Å². The van der Waals surface area contributed by atoms with Gasteiger partial charge < -0.3 is 10.4 Å². The number of rotatable bonds is 6. The van der Waals surface area contributed by atoms with Gasteiger partial charge in [0.25, 0.3) is 0 Å². The van der Waals surface area contributed by atoms with Gasteiger partial charge in [-0.05, 0) is 18.8 Å². The number of carbonyl (C=O) groups excluding carboxylic acids is 1. The highest BCUT2D eigenvalue weighted by molar-refractivity contribution is 5.85. The first-order valence-corrected chi connectivity index (χ1v) is 6.60. The van der Waals surface area contributed by atoms with Gasteiger partial charge in [-0.1, -0.05) is 33.1 Å². The molecule has 4 heteroatoms. The van der Waals surface area contributed by atoms with Gasteiger partial charge in [-0.25, -0.2) is 0 Å². The topological polar surface area (TPSA) is 66.4 Å². The number of carboxylic acids is 1. The monoisotopic (exact) mass is 241 g/mol. The van der Waals surface area contributed by atoms with Gasteiger partial charge in [0.2, 0.25) is 5.91 Å². The lowest BCUT2D eigenvalue weighted by atomic mass is 9.95. The van der Waals surface area contributed by atoms with Crippen LogP contribution in [0.4, 0.5) is 0 Å². The quantitative estimate of drug-likeness (QED) is 0.748. The molecule has 0 saturated heterocycles. The van der Waals surface area contributed by atoms with Crippen molar-refractivity contribution in [3.8, 4) is 0 Å². The summed E-state index contributed by atoms with van der Waals surface area (Å²) >= 11 is 0. The SMILES string of the molecule is CCC(CC)CNC(=O)C1CCCC1C(=O)O. The van der Waals surface area contributed by atoms with Crippen molar-refractivity contribution in [1.82, 2.24) is 5.32 Å². The van der Waals surface area contributed by atoms with E-state index in [0.29, 0.717) is 25.3 Å². The van der Waals surface area contributed by atoms with Crippen LogP contribution in [-0.4, -0.2) is 23.5 Å². The predicted molar refractivity (Wildman–Crippen MR) is 65.5 cm³/mol. The van der Waals surface area contributed by atoms with Crippen molar-refractivity contribution in [3.63, 3.8) is 0 Å². The molecular weight excluding hydrogens is 218 g/mol. The molecule has 1 fully saturated rings. The van der Waals surface area contributed by atoms with Crippen LogP contribution in [0.1, 0.15) is 46.0 Å². The normalized spacial score (nSPS) is 23.9. The van der Waals surface area contributed by atoms with E-state index in [4.69, 9.17) is 5.11 Å². The minimum absolute atomic E-state index is 0.0678. The fourth-order valence-corrected chi connectivity index (χ4v) is 2.52. The largest absolute Gasteiger partial charge is 0.481 e. The van der Waals surface area contributed by atoms with E-state index in [1.165, 1.54) is 0 Å². The molecule has 0 aromatic heterocycles. The number of aliphatic carboxylic acids is 1. The van der Waals surface area contributed by atoms with Gasteiger partial charge in [-0.15, -0.1) is 0 Å². The summed E-state index contributed by atoms with van der Waals surface area (Å²) < 4.78 is 0. The van der Waals surface area contributed by atoms with Gasteiger partial charge in [0.1, 0.15) is 0 Å². The summed E-state index contributed by atoms with van der Waals surface area (Å²) in [5.74, 6) is -1.19. The number of nitrogens with one attached hydrogen (secondary N) is 1. The minimum atomic E-state index is -0.829. The molecule has 1 aliphatic carbocycles. The summed E-state index contributed by atoms with van der Waals surface area (Å²) in [6.07, 6.45) is 4.29. The first-order chi connectivity index (χ1) is 8.10. The van der Waals surface area contributed by atoms with Crippen LogP contribution in [0.3, 0.4) is 0 Å². The molecule has 4 nitrogen and oxygen atoms in total. The Labute approximate surface area is 103 Å². The summed E-state index contributed by atoms with van der Waals surface area (Å²) in [5, 5.41) is 11.9. The average molecular weight is 241 g/mol. The minimum Gasteiger partial charge on any atom is -0.481 e. The number of hydrogen-bond acceptors (Lipinski definition) is 2. The molecule has 0 bridgehead atoms. The van der Waals surface area contributed by atoms with Crippen molar-refractivity contribution in [2.75, 3.05) is 6.54 Å². The summed E-state index contributed by atoms with van der Waals surface area (Å²) in [6.45, 7) is 4.89. The molecule has 0 heterocycles. The Kier molecular flexibility index (Phi) is 5.45. The lowest BCUT2D eigenvalue weighted by Crippen LogP contribution is -2.37. The van der Waals surface area contributed by atoms with Gasteiger partial charge >= 0.3 is 5.97 Å². The summed E-state index contributed by atoms with van der Waals surface area (Å²) in [6, 6.07) is 0. The van der Waals surface area contributed by atoms with E-state index >= 15 is 0 Å². The molecule has 98 valence electrons. The van der Waals surface area contributed by atoms with Crippen molar-refractivity contribution in [1.29, 1.82) is 0 Å². The van der Waals surface area contributed by atoms with E-state index in [9.17, 15) is 9.59 Å². The molecule has 1 aliphatic rings. The third kappa shape index (κ3) is 3.72. The highest BCUT2D eigenvalue weighted by atomic mass is 16.4. The first-order valence-electron chi connectivity index (χ1n) is 6.60. The first kappa shape index (κ1) is 14.0. The highest BCUT2D eigenvalue weighted by Gasteiger charge is 2.37. The molecule has 1 amide bonds. The van der Waals surface area contributed by atoms with E-state index in [2.05, 4.69) is 19.2 Å². The molecule has 0 aromatic rings. The smallest absolute Gasteiger partial charge is 0.307 e. The van der Waals surface area contributed by atoms with Crippen molar-refractivity contribution in [2.45, 2.75) is 46.0 Å². The van der Waals surface area contributed by atoms with Crippen molar-refractivity contribution in [2.24, 2.45) is 17.8 Å². The number of carbonyl (C=O) groups is 2. The lowest BCUT2D eigenvalue weighted by Gasteiger charge is -2.18. The van der Waals surface area contributed by atoms with E-state index in [0.717, 1.165) is 19.3 Å².